The minimum atomic E-state index is -0.111. The van der Waals surface area contributed by atoms with E-state index in [2.05, 4.69) is 20.4 Å². The molecule has 3 heterocycles. The Morgan fingerprint density at radius 2 is 2.08 bits per heavy atom. The van der Waals surface area contributed by atoms with Crippen molar-refractivity contribution in [3.63, 3.8) is 0 Å². The van der Waals surface area contributed by atoms with Gasteiger partial charge in [0.05, 0.1) is 12.2 Å². The average molecular weight is 340 g/mol. The Hall–Kier alpha value is -2.73. The molecule has 7 heteroatoms. The molecule has 0 fully saturated rings. The fourth-order valence-electron chi connectivity index (χ4n) is 2.73. The van der Waals surface area contributed by atoms with E-state index < -0.39 is 0 Å². The Morgan fingerprint density at radius 3 is 2.92 bits per heavy atom. The normalized spacial score (nSPS) is 13.5. The number of nitrogens with one attached hydrogen (secondary N) is 1. The molecule has 1 aliphatic rings. The van der Waals surface area contributed by atoms with Crippen molar-refractivity contribution >= 4 is 17.5 Å². The molecule has 6 nitrogen and oxygen atoms in total. The number of benzene rings is 1. The molecule has 0 radical (unpaired) electrons. The van der Waals surface area contributed by atoms with Crippen molar-refractivity contribution in [2.24, 2.45) is 0 Å². The van der Waals surface area contributed by atoms with E-state index in [0.717, 1.165) is 11.1 Å². The predicted octanol–water partition coefficient (Wildman–Crippen LogP) is 2.71. The molecule has 0 saturated heterocycles. The van der Waals surface area contributed by atoms with Crippen LogP contribution in [0.25, 0.3) is 22.8 Å². The predicted molar refractivity (Wildman–Crippen MR) is 90.8 cm³/mol. The van der Waals surface area contributed by atoms with Gasteiger partial charge in [-0.2, -0.15) is 5.10 Å². The van der Waals surface area contributed by atoms with Crippen molar-refractivity contribution in [2.75, 3.05) is 6.54 Å². The lowest BCUT2D eigenvalue weighted by Crippen LogP contribution is -2.35. The van der Waals surface area contributed by atoms with E-state index >= 15 is 0 Å². The highest BCUT2D eigenvalue weighted by atomic mass is 35.5. The number of aromatic nitrogens is 4. The topological polar surface area (TPSA) is 72.7 Å². The van der Waals surface area contributed by atoms with E-state index in [-0.39, 0.29) is 5.91 Å². The number of hydrogen-bond donors (Lipinski definition) is 1. The molecule has 0 spiro atoms. The molecule has 1 aromatic carbocycles. The molecule has 24 heavy (non-hydrogen) atoms. The van der Waals surface area contributed by atoms with Crippen LogP contribution >= 0.6 is 11.6 Å². The standard InChI is InChI=1S/C17H14ClN5O/c1-10-2-3-11(18)8-12(10)16-19-5-4-13(21-16)14-9-15-17(24)20-6-7-23(15)22-14/h2-5,8-9H,6-7H2,1H3,(H,20,24). The number of aryl methyl sites for hydroxylation is 1. The van der Waals surface area contributed by atoms with E-state index in [0.29, 0.717) is 41.0 Å². The molecule has 0 unspecified atom stereocenters. The largest absolute Gasteiger partial charge is 0.349 e. The molecule has 0 aliphatic carbocycles. The lowest BCUT2D eigenvalue weighted by atomic mass is 10.1. The highest BCUT2D eigenvalue weighted by Gasteiger charge is 2.20. The van der Waals surface area contributed by atoms with Crippen LogP contribution in [0.15, 0.2) is 36.5 Å². The van der Waals surface area contributed by atoms with Crippen LogP contribution in [0.3, 0.4) is 0 Å². The number of nitrogens with zero attached hydrogens (tertiary/aromatic N) is 4. The maximum Gasteiger partial charge on any atom is 0.269 e. The van der Waals surface area contributed by atoms with Crippen molar-refractivity contribution in [2.45, 2.75) is 13.5 Å². The highest BCUT2D eigenvalue weighted by molar-refractivity contribution is 6.30. The van der Waals surface area contributed by atoms with Gasteiger partial charge in [-0.1, -0.05) is 17.7 Å². The third-order valence-corrected chi connectivity index (χ3v) is 4.22. The van der Waals surface area contributed by atoms with Gasteiger partial charge in [-0.25, -0.2) is 9.97 Å². The average Bonchev–Trinajstić information content (AvgIpc) is 3.03. The number of carbonyl (C=O) groups excluding carboxylic acids is 1. The fraction of sp³-hybridized carbons (Fsp3) is 0.176. The molecule has 0 bridgehead atoms. The maximum absolute atomic E-state index is 11.9. The molecule has 1 amide bonds. The van der Waals surface area contributed by atoms with Crippen molar-refractivity contribution in [1.82, 2.24) is 25.1 Å². The van der Waals surface area contributed by atoms with Crippen molar-refractivity contribution in [3.8, 4) is 22.8 Å². The summed E-state index contributed by atoms with van der Waals surface area (Å²) in [6.07, 6.45) is 1.69. The zero-order valence-electron chi connectivity index (χ0n) is 13.0. The van der Waals surface area contributed by atoms with Gasteiger partial charge in [0.15, 0.2) is 5.82 Å². The second kappa shape index (κ2) is 5.72. The minimum Gasteiger partial charge on any atom is -0.349 e. The third-order valence-electron chi connectivity index (χ3n) is 3.98. The zero-order chi connectivity index (χ0) is 16.7. The van der Waals surface area contributed by atoms with Crippen LogP contribution in [0, 0.1) is 6.92 Å². The molecule has 0 atom stereocenters. The summed E-state index contributed by atoms with van der Waals surface area (Å²) in [5, 5.41) is 7.93. The summed E-state index contributed by atoms with van der Waals surface area (Å²) >= 11 is 6.09. The number of fused-ring (bicyclic) bond motifs is 1. The summed E-state index contributed by atoms with van der Waals surface area (Å²) in [6.45, 7) is 3.23. The summed E-state index contributed by atoms with van der Waals surface area (Å²) in [6, 6.07) is 9.17. The van der Waals surface area contributed by atoms with Crippen molar-refractivity contribution < 1.29 is 4.79 Å². The van der Waals surface area contributed by atoms with E-state index in [1.807, 2.05) is 25.1 Å². The molecule has 4 rings (SSSR count). The van der Waals surface area contributed by atoms with Crippen LogP contribution in [0.1, 0.15) is 16.1 Å². The number of carbonyl (C=O) groups is 1. The van der Waals surface area contributed by atoms with Gasteiger partial charge < -0.3 is 5.32 Å². The first-order valence-electron chi connectivity index (χ1n) is 7.58. The smallest absolute Gasteiger partial charge is 0.269 e. The Balaban J connectivity index is 1.78. The summed E-state index contributed by atoms with van der Waals surface area (Å²) in [7, 11) is 0. The minimum absolute atomic E-state index is 0.111. The summed E-state index contributed by atoms with van der Waals surface area (Å²) in [5.74, 6) is 0.475. The van der Waals surface area contributed by atoms with Crippen LogP contribution in [0.5, 0.6) is 0 Å². The van der Waals surface area contributed by atoms with Gasteiger partial charge in [-0.05, 0) is 36.8 Å². The van der Waals surface area contributed by atoms with E-state index in [9.17, 15) is 4.79 Å². The van der Waals surface area contributed by atoms with Crippen LogP contribution in [0.4, 0.5) is 0 Å². The van der Waals surface area contributed by atoms with Gasteiger partial charge in [0, 0.05) is 23.3 Å². The number of rotatable bonds is 2. The molecular formula is C17H14ClN5O. The van der Waals surface area contributed by atoms with Crippen LogP contribution < -0.4 is 5.32 Å². The maximum atomic E-state index is 11.9. The first-order chi connectivity index (χ1) is 11.6. The Kier molecular flexibility index (Phi) is 3.54. The Bertz CT molecular complexity index is 950. The lowest BCUT2D eigenvalue weighted by Gasteiger charge is -2.13. The molecule has 1 aliphatic heterocycles. The zero-order valence-corrected chi connectivity index (χ0v) is 13.7. The van der Waals surface area contributed by atoms with Crippen LogP contribution in [0.2, 0.25) is 5.02 Å². The van der Waals surface area contributed by atoms with Gasteiger partial charge in [0.1, 0.15) is 11.4 Å². The lowest BCUT2D eigenvalue weighted by molar-refractivity contribution is 0.0924. The van der Waals surface area contributed by atoms with Gasteiger partial charge in [0.2, 0.25) is 0 Å². The van der Waals surface area contributed by atoms with Crippen molar-refractivity contribution in [1.29, 1.82) is 0 Å². The van der Waals surface area contributed by atoms with E-state index in [1.165, 1.54) is 0 Å². The Morgan fingerprint density at radius 1 is 1.21 bits per heavy atom. The summed E-state index contributed by atoms with van der Waals surface area (Å²) in [5.41, 5.74) is 3.81. The first-order valence-corrected chi connectivity index (χ1v) is 7.95. The van der Waals surface area contributed by atoms with E-state index in [1.54, 1.807) is 23.0 Å². The van der Waals surface area contributed by atoms with E-state index in [4.69, 9.17) is 11.6 Å². The summed E-state index contributed by atoms with van der Waals surface area (Å²) in [4.78, 5) is 20.8. The van der Waals surface area contributed by atoms with Gasteiger partial charge in [0.25, 0.3) is 5.91 Å². The first kappa shape index (κ1) is 14.8. The second-order valence-electron chi connectivity index (χ2n) is 5.62. The van der Waals surface area contributed by atoms with Gasteiger partial charge >= 0.3 is 0 Å². The van der Waals surface area contributed by atoms with Crippen molar-refractivity contribution in [3.05, 3.63) is 52.8 Å². The highest BCUT2D eigenvalue weighted by Crippen LogP contribution is 2.26. The fourth-order valence-corrected chi connectivity index (χ4v) is 2.90. The second-order valence-corrected chi connectivity index (χ2v) is 6.06. The third kappa shape index (κ3) is 2.55. The molecule has 1 N–H and O–H groups in total. The number of hydrogen-bond acceptors (Lipinski definition) is 4. The SMILES string of the molecule is Cc1ccc(Cl)cc1-c1nccc(-c2cc3n(n2)CCNC3=O)n1. The van der Waals surface area contributed by atoms with Gasteiger partial charge in [-0.3, -0.25) is 9.48 Å². The van der Waals surface area contributed by atoms with Crippen LogP contribution in [-0.2, 0) is 6.54 Å². The molecule has 3 aromatic rings. The molecule has 120 valence electrons. The number of halogens is 1. The monoisotopic (exact) mass is 339 g/mol. The quantitative estimate of drug-likeness (QED) is 0.779. The Labute approximate surface area is 143 Å². The molecule has 2 aromatic heterocycles. The number of amides is 1. The van der Waals surface area contributed by atoms with Crippen LogP contribution in [-0.4, -0.2) is 32.2 Å². The van der Waals surface area contributed by atoms with Gasteiger partial charge in [-0.15, -0.1) is 0 Å². The molecular weight excluding hydrogens is 326 g/mol. The molecule has 0 saturated carbocycles. The summed E-state index contributed by atoms with van der Waals surface area (Å²) < 4.78 is 1.71.